The van der Waals surface area contributed by atoms with Gasteiger partial charge in [0.25, 0.3) is 0 Å². The Kier molecular flexibility index (Phi) is 3.24. The first-order chi connectivity index (χ1) is 7.29. The lowest BCUT2D eigenvalue weighted by atomic mass is 9.94. The lowest BCUT2D eigenvalue weighted by Gasteiger charge is -2.14. The van der Waals surface area contributed by atoms with E-state index in [1.165, 1.54) is 0 Å². The SMILES string of the molecule is Cc1c(C)c(C(=O)O)c(Cl)c(C(=O)O)c1C. The van der Waals surface area contributed by atoms with Crippen LogP contribution < -0.4 is 0 Å². The summed E-state index contributed by atoms with van der Waals surface area (Å²) < 4.78 is 0. The molecule has 1 aromatic rings. The minimum absolute atomic E-state index is 0.137. The van der Waals surface area contributed by atoms with E-state index in [0.29, 0.717) is 16.7 Å². The first-order valence-corrected chi connectivity index (χ1v) is 4.92. The van der Waals surface area contributed by atoms with Crippen LogP contribution in [0.3, 0.4) is 0 Å². The Balaban J connectivity index is 3.80. The molecular weight excluding hydrogens is 232 g/mol. The summed E-state index contributed by atoms with van der Waals surface area (Å²) in [5, 5.41) is 17.8. The van der Waals surface area contributed by atoms with Crippen molar-refractivity contribution < 1.29 is 19.8 Å². The predicted molar refractivity (Wildman–Crippen MR) is 59.6 cm³/mol. The Morgan fingerprint density at radius 1 is 0.875 bits per heavy atom. The topological polar surface area (TPSA) is 74.6 Å². The summed E-state index contributed by atoms with van der Waals surface area (Å²) >= 11 is 5.82. The van der Waals surface area contributed by atoms with E-state index < -0.39 is 11.9 Å². The molecule has 0 atom stereocenters. The zero-order valence-corrected chi connectivity index (χ0v) is 9.84. The van der Waals surface area contributed by atoms with E-state index in [-0.39, 0.29) is 16.1 Å². The third-order valence-electron chi connectivity index (χ3n) is 2.74. The van der Waals surface area contributed by atoms with Crippen molar-refractivity contribution in [2.75, 3.05) is 0 Å². The largest absolute Gasteiger partial charge is 0.478 e. The zero-order valence-electron chi connectivity index (χ0n) is 9.09. The van der Waals surface area contributed by atoms with Crippen molar-refractivity contribution in [2.45, 2.75) is 20.8 Å². The van der Waals surface area contributed by atoms with Gasteiger partial charge in [0.2, 0.25) is 0 Å². The molecule has 0 saturated heterocycles. The van der Waals surface area contributed by atoms with Gasteiger partial charge in [0, 0.05) is 0 Å². The van der Waals surface area contributed by atoms with E-state index in [1.807, 2.05) is 0 Å². The van der Waals surface area contributed by atoms with Crippen molar-refractivity contribution in [2.24, 2.45) is 0 Å². The van der Waals surface area contributed by atoms with Crippen LogP contribution >= 0.6 is 11.6 Å². The smallest absolute Gasteiger partial charge is 0.337 e. The molecule has 86 valence electrons. The van der Waals surface area contributed by atoms with Gasteiger partial charge < -0.3 is 10.2 Å². The van der Waals surface area contributed by atoms with Crippen molar-refractivity contribution in [3.63, 3.8) is 0 Å². The van der Waals surface area contributed by atoms with Crippen LogP contribution in [-0.2, 0) is 0 Å². The van der Waals surface area contributed by atoms with Crippen LogP contribution in [0.2, 0.25) is 5.02 Å². The van der Waals surface area contributed by atoms with Crippen molar-refractivity contribution >= 4 is 23.5 Å². The highest BCUT2D eigenvalue weighted by Gasteiger charge is 2.24. The molecule has 4 nitrogen and oxygen atoms in total. The number of carboxylic acids is 2. The van der Waals surface area contributed by atoms with E-state index >= 15 is 0 Å². The molecule has 1 aromatic carbocycles. The Morgan fingerprint density at radius 3 is 1.44 bits per heavy atom. The van der Waals surface area contributed by atoms with Gasteiger partial charge in [-0.15, -0.1) is 0 Å². The second-order valence-electron chi connectivity index (χ2n) is 3.55. The summed E-state index contributed by atoms with van der Waals surface area (Å²) in [6.45, 7) is 4.91. The quantitative estimate of drug-likeness (QED) is 0.836. The van der Waals surface area contributed by atoms with E-state index in [2.05, 4.69) is 0 Å². The van der Waals surface area contributed by atoms with Gasteiger partial charge in [-0.25, -0.2) is 9.59 Å². The second kappa shape index (κ2) is 4.14. The van der Waals surface area contributed by atoms with Gasteiger partial charge in [0.1, 0.15) is 0 Å². The van der Waals surface area contributed by atoms with E-state index in [4.69, 9.17) is 21.8 Å². The molecule has 1 rings (SSSR count). The van der Waals surface area contributed by atoms with E-state index in [1.54, 1.807) is 20.8 Å². The average molecular weight is 243 g/mol. The fourth-order valence-electron chi connectivity index (χ4n) is 1.62. The van der Waals surface area contributed by atoms with Gasteiger partial charge in [-0.2, -0.15) is 0 Å². The molecule has 0 unspecified atom stereocenters. The average Bonchev–Trinajstić information content (AvgIpc) is 2.13. The fraction of sp³-hybridized carbons (Fsp3) is 0.273. The predicted octanol–water partition coefficient (Wildman–Crippen LogP) is 2.66. The lowest BCUT2D eigenvalue weighted by Crippen LogP contribution is -2.11. The third kappa shape index (κ3) is 1.76. The molecule has 2 N–H and O–H groups in total. The molecule has 16 heavy (non-hydrogen) atoms. The zero-order chi connectivity index (χ0) is 12.6. The standard InChI is InChI=1S/C11H11ClO4/c1-4-5(2)7(10(13)14)9(12)8(6(4)3)11(15)16/h1-3H3,(H,13,14)(H,15,16). The number of hydrogen-bond donors (Lipinski definition) is 2. The van der Waals surface area contributed by atoms with Crippen LogP contribution in [-0.4, -0.2) is 22.2 Å². The van der Waals surface area contributed by atoms with Crippen LogP contribution in [0.4, 0.5) is 0 Å². The molecule has 5 heteroatoms. The lowest BCUT2D eigenvalue weighted by molar-refractivity contribution is 0.0695. The minimum Gasteiger partial charge on any atom is -0.478 e. The minimum atomic E-state index is -1.21. The van der Waals surface area contributed by atoms with E-state index in [9.17, 15) is 9.59 Å². The summed E-state index contributed by atoms with van der Waals surface area (Å²) in [5.74, 6) is -2.43. The summed E-state index contributed by atoms with van der Waals surface area (Å²) in [4.78, 5) is 22.0. The number of rotatable bonds is 2. The molecule has 0 aliphatic heterocycles. The monoisotopic (exact) mass is 242 g/mol. The molecule has 0 amide bonds. The van der Waals surface area contributed by atoms with Gasteiger partial charge in [0.15, 0.2) is 0 Å². The number of carboxylic acid groups (broad SMARTS) is 2. The van der Waals surface area contributed by atoms with Gasteiger partial charge in [-0.05, 0) is 37.5 Å². The molecule has 0 heterocycles. The summed E-state index contributed by atoms with van der Waals surface area (Å²) in [6, 6.07) is 0. The van der Waals surface area contributed by atoms with Crippen LogP contribution in [0.5, 0.6) is 0 Å². The van der Waals surface area contributed by atoms with Crippen molar-refractivity contribution in [3.8, 4) is 0 Å². The van der Waals surface area contributed by atoms with Crippen LogP contribution in [0.1, 0.15) is 37.4 Å². The van der Waals surface area contributed by atoms with Crippen LogP contribution in [0, 0.1) is 20.8 Å². The van der Waals surface area contributed by atoms with Crippen LogP contribution in [0.15, 0.2) is 0 Å². The molecule has 0 aromatic heterocycles. The third-order valence-corrected chi connectivity index (χ3v) is 3.12. The van der Waals surface area contributed by atoms with Crippen LogP contribution in [0.25, 0.3) is 0 Å². The van der Waals surface area contributed by atoms with Gasteiger partial charge in [-0.3, -0.25) is 0 Å². The first kappa shape index (κ1) is 12.5. The fourth-order valence-corrected chi connectivity index (χ4v) is 2.06. The maximum atomic E-state index is 11.0. The molecule has 0 radical (unpaired) electrons. The van der Waals surface area contributed by atoms with Gasteiger partial charge in [-0.1, -0.05) is 11.6 Å². The Bertz CT molecular complexity index is 450. The molecule has 0 aliphatic carbocycles. The van der Waals surface area contributed by atoms with Gasteiger partial charge in [0.05, 0.1) is 16.1 Å². The van der Waals surface area contributed by atoms with Crippen molar-refractivity contribution in [1.82, 2.24) is 0 Å². The molecule has 0 saturated carbocycles. The highest BCUT2D eigenvalue weighted by molar-refractivity contribution is 6.36. The molecular formula is C11H11ClO4. The number of aromatic carboxylic acids is 2. The van der Waals surface area contributed by atoms with E-state index in [0.717, 1.165) is 0 Å². The molecule has 0 aliphatic rings. The summed E-state index contributed by atoms with van der Waals surface area (Å²) in [7, 11) is 0. The molecule has 0 fully saturated rings. The number of halogens is 1. The Morgan fingerprint density at radius 2 is 1.19 bits per heavy atom. The molecule has 0 bridgehead atoms. The first-order valence-electron chi connectivity index (χ1n) is 4.54. The highest BCUT2D eigenvalue weighted by Crippen LogP contribution is 2.31. The Labute approximate surface area is 97.5 Å². The normalized spacial score (nSPS) is 10.2. The Hall–Kier alpha value is -1.55. The van der Waals surface area contributed by atoms with Crippen molar-refractivity contribution in [3.05, 3.63) is 32.8 Å². The molecule has 0 spiro atoms. The highest BCUT2D eigenvalue weighted by atomic mass is 35.5. The number of benzene rings is 1. The maximum Gasteiger partial charge on any atom is 0.337 e. The summed E-state index contributed by atoms with van der Waals surface area (Å²) in [6.07, 6.45) is 0. The summed E-state index contributed by atoms with van der Waals surface area (Å²) in [5.41, 5.74) is 1.36. The number of carbonyl (C=O) groups is 2. The van der Waals surface area contributed by atoms with Gasteiger partial charge >= 0.3 is 11.9 Å². The number of hydrogen-bond acceptors (Lipinski definition) is 2. The van der Waals surface area contributed by atoms with Crippen molar-refractivity contribution in [1.29, 1.82) is 0 Å². The second-order valence-corrected chi connectivity index (χ2v) is 3.93. The maximum absolute atomic E-state index is 11.0.